The number of benzene rings is 2. The van der Waals surface area contributed by atoms with Crippen molar-refractivity contribution in [1.29, 1.82) is 0 Å². The second-order valence-corrected chi connectivity index (χ2v) is 21.3. The third-order valence-corrected chi connectivity index (χ3v) is 15.4. The van der Waals surface area contributed by atoms with Gasteiger partial charge in [-0.25, -0.2) is 0 Å². The molecule has 316 valence electrons. The molecule has 8 nitrogen and oxygen atoms in total. The number of aliphatic hydroxyl groups excluding tert-OH is 1. The summed E-state index contributed by atoms with van der Waals surface area (Å²) in [7, 11) is -2.21. The van der Waals surface area contributed by atoms with E-state index >= 15 is 0 Å². The maximum atomic E-state index is 13.8. The summed E-state index contributed by atoms with van der Waals surface area (Å²) in [6, 6.07) is 13.5. The molecule has 56 heavy (non-hydrogen) atoms. The lowest BCUT2D eigenvalue weighted by atomic mass is 9.96. The first-order valence-corrected chi connectivity index (χ1v) is 23.4. The Balaban J connectivity index is 1.75. The summed E-state index contributed by atoms with van der Waals surface area (Å²) >= 11 is 0. The molecule has 0 radical (unpaired) electrons. The van der Waals surface area contributed by atoms with E-state index in [1.165, 1.54) is 44.2 Å². The van der Waals surface area contributed by atoms with Gasteiger partial charge >= 0.3 is 6.18 Å². The van der Waals surface area contributed by atoms with E-state index in [2.05, 4.69) is 52.7 Å². The van der Waals surface area contributed by atoms with Crippen molar-refractivity contribution < 1.29 is 46.4 Å². The number of amides is 1. The summed E-state index contributed by atoms with van der Waals surface area (Å²) in [6.45, 7) is 17.3. The largest absolute Gasteiger partial charge is 0.416 e. The molecule has 3 rings (SSSR count). The van der Waals surface area contributed by atoms with Crippen LogP contribution < -0.4 is 5.32 Å². The van der Waals surface area contributed by atoms with Crippen molar-refractivity contribution >= 4 is 14.2 Å². The van der Waals surface area contributed by atoms with Crippen LogP contribution in [0.3, 0.4) is 0 Å². The highest BCUT2D eigenvalue weighted by atomic mass is 28.4. The predicted octanol–water partition coefficient (Wildman–Crippen LogP) is 10.3. The molecular formula is C44H68F3NO7Si. The van der Waals surface area contributed by atoms with Crippen molar-refractivity contribution in [3.8, 4) is 0 Å². The molecule has 0 spiro atoms. The minimum Gasteiger partial charge on any atom is -0.414 e. The van der Waals surface area contributed by atoms with Gasteiger partial charge in [0.15, 0.2) is 14.6 Å². The van der Waals surface area contributed by atoms with Crippen molar-refractivity contribution in [2.24, 2.45) is 0 Å². The van der Waals surface area contributed by atoms with Crippen molar-refractivity contribution in [3.05, 3.63) is 83.9 Å². The Labute approximate surface area is 335 Å². The summed E-state index contributed by atoms with van der Waals surface area (Å²) in [5.41, 5.74) is 0.765. The lowest BCUT2D eigenvalue weighted by Crippen LogP contribution is -2.66. The molecule has 0 bridgehead atoms. The molecule has 1 aliphatic heterocycles. The summed E-state index contributed by atoms with van der Waals surface area (Å²) in [4.78, 5) is 13.8. The Morgan fingerprint density at radius 1 is 0.911 bits per heavy atom. The first kappa shape index (κ1) is 47.8. The zero-order valence-electron chi connectivity index (χ0n) is 34.6. The topological polar surface area (TPSA) is 95.5 Å². The molecular weight excluding hydrogens is 740 g/mol. The van der Waals surface area contributed by atoms with Crippen molar-refractivity contribution in [3.63, 3.8) is 0 Å². The van der Waals surface area contributed by atoms with Crippen LogP contribution in [-0.4, -0.2) is 69.3 Å². The molecule has 0 aromatic heterocycles. The quantitative estimate of drug-likeness (QED) is 0.0586. The standard InChI is InChI=1S/C44H68F3NO7Si/c1-8-10-11-12-13-14-15-16-20-23-36(52-30-34-24-26-35(27-25-34)44(45,46)47)29-38(49)48-39-40(50)41(53-31-33-21-18-17-19-22-33)37(55-42(39)51-28-9-2)32-54-56(6,7)43(3,4)5/h9,17-19,21-22,24-27,36-37,39-42,50H,2,8,10-16,20,23,28-32H2,1,3-7H3,(H,48,49)/t36-,37-,39-,40-,41-,42-/m1/s1. The van der Waals surface area contributed by atoms with Gasteiger partial charge in [0.25, 0.3) is 0 Å². The number of aliphatic hydroxyl groups is 1. The van der Waals surface area contributed by atoms with E-state index in [-0.39, 0.29) is 43.8 Å². The highest BCUT2D eigenvalue weighted by molar-refractivity contribution is 6.74. The molecule has 6 atom stereocenters. The van der Waals surface area contributed by atoms with Crippen LogP contribution in [0.4, 0.5) is 13.2 Å². The van der Waals surface area contributed by atoms with Crippen LogP contribution in [0.25, 0.3) is 0 Å². The van der Waals surface area contributed by atoms with E-state index in [9.17, 15) is 23.1 Å². The van der Waals surface area contributed by atoms with Crippen molar-refractivity contribution in [2.75, 3.05) is 13.2 Å². The molecule has 1 heterocycles. The first-order valence-electron chi connectivity index (χ1n) is 20.5. The Hall–Kier alpha value is -2.58. The van der Waals surface area contributed by atoms with Gasteiger partial charge in [0.05, 0.1) is 44.5 Å². The molecule has 0 unspecified atom stereocenters. The molecule has 2 N–H and O–H groups in total. The fraction of sp³-hybridized carbons (Fsp3) is 0.659. The fourth-order valence-electron chi connectivity index (χ4n) is 6.38. The summed E-state index contributed by atoms with van der Waals surface area (Å²) < 4.78 is 71.1. The van der Waals surface area contributed by atoms with Gasteiger partial charge in [-0.15, -0.1) is 6.58 Å². The van der Waals surface area contributed by atoms with Gasteiger partial charge < -0.3 is 33.8 Å². The Kier molecular flexibility index (Phi) is 20.3. The predicted molar refractivity (Wildman–Crippen MR) is 217 cm³/mol. The van der Waals surface area contributed by atoms with Gasteiger partial charge in [-0.05, 0) is 47.8 Å². The third-order valence-electron chi connectivity index (χ3n) is 10.9. The Morgan fingerprint density at radius 3 is 2.11 bits per heavy atom. The van der Waals surface area contributed by atoms with E-state index in [0.717, 1.165) is 43.4 Å². The fourth-order valence-corrected chi connectivity index (χ4v) is 7.39. The molecule has 2 aromatic carbocycles. The third kappa shape index (κ3) is 16.3. The summed E-state index contributed by atoms with van der Waals surface area (Å²) in [5.74, 6) is -0.379. The summed E-state index contributed by atoms with van der Waals surface area (Å²) in [6.07, 6.45) is 3.65. The molecule has 0 aliphatic carbocycles. The van der Waals surface area contributed by atoms with E-state index in [4.69, 9.17) is 23.4 Å². The van der Waals surface area contributed by atoms with Gasteiger partial charge in [-0.2, -0.15) is 13.2 Å². The highest BCUT2D eigenvalue weighted by Crippen LogP contribution is 2.37. The molecule has 0 saturated carbocycles. The van der Waals surface area contributed by atoms with Crippen LogP contribution in [0.2, 0.25) is 18.1 Å². The number of rotatable bonds is 25. The maximum absolute atomic E-state index is 13.8. The van der Waals surface area contributed by atoms with E-state index < -0.39 is 56.8 Å². The lowest BCUT2D eigenvalue weighted by Gasteiger charge is -2.46. The van der Waals surface area contributed by atoms with E-state index in [1.54, 1.807) is 6.08 Å². The van der Waals surface area contributed by atoms with Gasteiger partial charge in [0.2, 0.25) is 5.91 Å². The number of hydrogen-bond acceptors (Lipinski definition) is 7. The number of halogens is 3. The van der Waals surface area contributed by atoms with Crippen LogP contribution >= 0.6 is 0 Å². The number of hydrogen-bond donors (Lipinski definition) is 2. The molecule has 1 saturated heterocycles. The smallest absolute Gasteiger partial charge is 0.414 e. The Bertz CT molecular complexity index is 1400. The number of nitrogens with one attached hydrogen (secondary N) is 1. The number of carbonyl (C=O) groups is 1. The van der Waals surface area contributed by atoms with E-state index in [0.29, 0.717) is 12.0 Å². The van der Waals surface area contributed by atoms with Crippen molar-refractivity contribution in [1.82, 2.24) is 5.32 Å². The van der Waals surface area contributed by atoms with Gasteiger partial charge in [-0.3, -0.25) is 4.79 Å². The average molecular weight is 808 g/mol. The lowest BCUT2D eigenvalue weighted by molar-refractivity contribution is -0.276. The monoisotopic (exact) mass is 807 g/mol. The van der Waals surface area contributed by atoms with Crippen LogP contribution in [0, 0.1) is 0 Å². The minimum absolute atomic E-state index is 0.0253. The van der Waals surface area contributed by atoms with Crippen molar-refractivity contribution in [2.45, 2.75) is 173 Å². The number of ether oxygens (including phenoxy) is 4. The number of carbonyl (C=O) groups excluding carboxylic acids is 1. The number of unbranched alkanes of at least 4 members (excludes halogenated alkanes) is 8. The molecule has 1 amide bonds. The van der Waals surface area contributed by atoms with Crippen LogP contribution in [0.5, 0.6) is 0 Å². The SMILES string of the molecule is C=CCO[C@@H]1O[C@H](CO[Si](C)(C)C(C)(C)C)[C@@H](OCc2ccccc2)[C@H](O)[C@H]1NC(=O)C[C@@H](CCCCCCCCCCC)OCc1ccc(C(F)(F)F)cc1. The van der Waals surface area contributed by atoms with Gasteiger partial charge in [0.1, 0.15) is 24.4 Å². The normalized spacial score (nSPS) is 21.1. The highest BCUT2D eigenvalue weighted by Gasteiger charge is 2.48. The number of alkyl halides is 3. The average Bonchev–Trinajstić information content (AvgIpc) is 3.15. The van der Waals surface area contributed by atoms with Gasteiger partial charge in [0, 0.05) is 0 Å². The van der Waals surface area contributed by atoms with Crippen LogP contribution in [0.1, 0.15) is 115 Å². The zero-order valence-corrected chi connectivity index (χ0v) is 35.6. The molecule has 1 fully saturated rings. The maximum Gasteiger partial charge on any atom is 0.416 e. The van der Waals surface area contributed by atoms with Gasteiger partial charge in [-0.1, -0.05) is 134 Å². The van der Waals surface area contributed by atoms with E-state index in [1.807, 2.05) is 30.3 Å². The molecule has 1 aliphatic rings. The second-order valence-electron chi connectivity index (χ2n) is 16.5. The second kappa shape index (κ2) is 23.7. The zero-order chi connectivity index (χ0) is 41.2. The Morgan fingerprint density at radius 2 is 1.52 bits per heavy atom. The molecule has 12 heteroatoms. The summed E-state index contributed by atoms with van der Waals surface area (Å²) in [5, 5.41) is 14.9. The van der Waals surface area contributed by atoms with Crippen LogP contribution in [-0.2, 0) is 47.6 Å². The first-order chi connectivity index (χ1) is 26.6. The molecule has 2 aromatic rings. The minimum atomic E-state index is -4.43. The van der Waals surface area contributed by atoms with Crippen LogP contribution in [0.15, 0.2) is 67.3 Å².